The highest BCUT2D eigenvalue weighted by molar-refractivity contribution is 6.03. The van der Waals surface area contributed by atoms with Crippen LogP contribution in [0.15, 0.2) is 42.9 Å². The molecule has 1 aromatic carbocycles. The zero-order valence-electron chi connectivity index (χ0n) is 12.6. The highest BCUT2D eigenvalue weighted by Gasteiger charge is 2.12. The van der Waals surface area contributed by atoms with Gasteiger partial charge in [0.15, 0.2) is 5.69 Å². The molecule has 6 nitrogen and oxygen atoms in total. The Kier molecular flexibility index (Phi) is 3.84. The molecule has 0 aliphatic carbocycles. The molecule has 0 bridgehead atoms. The van der Waals surface area contributed by atoms with Crippen LogP contribution in [0.1, 0.15) is 16.1 Å². The van der Waals surface area contributed by atoms with E-state index in [1.54, 1.807) is 19.3 Å². The first kappa shape index (κ1) is 14.8. The number of benzene rings is 1. The molecular formula is C16H14FN5O. The van der Waals surface area contributed by atoms with Crippen LogP contribution in [0.25, 0.3) is 11.1 Å². The van der Waals surface area contributed by atoms with Crippen LogP contribution in [-0.2, 0) is 7.05 Å². The van der Waals surface area contributed by atoms with Crippen LogP contribution in [0.2, 0.25) is 0 Å². The maximum Gasteiger partial charge on any atom is 0.277 e. The summed E-state index contributed by atoms with van der Waals surface area (Å²) in [6, 6.07) is 6.88. The number of anilines is 1. The fourth-order valence-electron chi connectivity index (χ4n) is 2.14. The van der Waals surface area contributed by atoms with Crippen molar-refractivity contribution in [1.82, 2.24) is 20.0 Å². The van der Waals surface area contributed by atoms with Gasteiger partial charge in [-0.1, -0.05) is 17.3 Å². The number of pyridine rings is 1. The Morgan fingerprint density at radius 3 is 2.74 bits per heavy atom. The third kappa shape index (κ3) is 3.23. The van der Waals surface area contributed by atoms with Crippen LogP contribution in [0.5, 0.6) is 0 Å². The lowest BCUT2D eigenvalue weighted by atomic mass is 10.0. The molecule has 1 N–H and O–H groups in total. The van der Waals surface area contributed by atoms with E-state index in [-0.39, 0.29) is 11.6 Å². The summed E-state index contributed by atoms with van der Waals surface area (Å²) in [4.78, 5) is 16.0. The van der Waals surface area contributed by atoms with Gasteiger partial charge in [-0.05, 0) is 30.2 Å². The number of nitrogens with zero attached hydrogens (tertiary/aromatic N) is 4. The second-order valence-corrected chi connectivity index (χ2v) is 5.15. The lowest BCUT2D eigenvalue weighted by Gasteiger charge is -2.10. The number of carbonyl (C=O) groups excluding carboxylic acids is 1. The predicted octanol–water partition coefficient (Wildman–Crippen LogP) is 2.58. The van der Waals surface area contributed by atoms with E-state index in [2.05, 4.69) is 20.6 Å². The van der Waals surface area contributed by atoms with Crippen LogP contribution < -0.4 is 5.32 Å². The SMILES string of the molecule is Cc1ccc(-c2cncc(F)c2)cc1NC(=O)c1cn(C)nn1. The summed E-state index contributed by atoms with van der Waals surface area (Å²) < 4.78 is 14.8. The lowest BCUT2D eigenvalue weighted by molar-refractivity contribution is 0.102. The molecule has 0 unspecified atom stereocenters. The van der Waals surface area contributed by atoms with Crippen LogP contribution in [0.4, 0.5) is 10.1 Å². The summed E-state index contributed by atoms with van der Waals surface area (Å²) in [5.74, 6) is -0.760. The molecule has 2 aromatic heterocycles. The molecule has 0 atom stereocenters. The third-order valence-corrected chi connectivity index (χ3v) is 3.36. The van der Waals surface area contributed by atoms with Crippen molar-refractivity contribution in [2.24, 2.45) is 7.05 Å². The molecule has 116 valence electrons. The third-order valence-electron chi connectivity index (χ3n) is 3.36. The summed E-state index contributed by atoms with van der Waals surface area (Å²) in [5, 5.41) is 10.3. The molecule has 7 heteroatoms. The number of aromatic nitrogens is 4. The zero-order valence-corrected chi connectivity index (χ0v) is 12.6. The van der Waals surface area contributed by atoms with E-state index in [0.29, 0.717) is 11.3 Å². The molecule has 0 radical (unpaired) electrons. The van der Waals surface area contributed by atoms with Gasteiger partial charge in [-0.15, -0.1) is 5.10 Å². The van der Waals surface area contributed by atoms with Gasteiger partial charge in [-0.3, -0.25) is 14.5 Å². The topological polar surface area (TPSA) is 72.7 Å². The summed E-state index contributed by atoms with van der Waals surface area (Å²) in [6.07, 6.45) is 4.25. The van der Waals surface area contributed by atoms with E-state index in [1.165, 1.54) is 16.9 Å². The van der Waals surface area contributed by atoms with Crippen molar-refractivity contribution in [3.05, 3.63) is 59.9 Å². The number of hydrogen-bond acceptors (Lipinski definition) is 4. The van der Waals surface area contributed by atoms with E-state index in [4.69, 9.17) is 0 Å². The Labute approximate surface area is 132 Å². The quantitative estimate of drug-likeness (QED) is 0.807. The number of halogens is 1. The Morgan fingerprint density at radius 1 is 1.22 bits per heavy atom. The van der Waals surface area contributed by atoms with Gasteiger partial charge in [0.25, 0.3) is 5.91 Å². The minimum atomic E-state index is -0.409. The largest absolute Gasteiger partial charge is 0.320 e. The van der Waals surface area contributed by atoms with Gasteiger partial charge in [0.2, 0.25) is 0 Å². The molecule has 0 aliphatic rings. The van der Waals surface area contributed by atoms with Crippen molar-refractivity contribution in [1.29, 1.82) is 0 Å². The fraction of sp³-hybridized carbons (Fsp3) is 0.125. The number of amides is 1. The number of carbonyl (C=O) groups is 1. The van der Waals surface area contributed by atoms with E-state index in [1.807, 2.05) is 19.1 Å². The molecule has 0 aliphatic heterocycles. The van der Waals surface area contributed by atoms with E-state index < -0.39 is 5.82 Å². The van der Waals surface area contributed by atoms with Crippen molar-refractivity contribution in [3.63, 3.8) is 0 Å². The summed E-state index contributed by atoms with van der Waals surface area (Å²) >= 11 is 0. The second-order valence-electron chi connectivity index (χ2n) is 5.15. The molecule has 1 amide bonds. The zero-order chi connectivity index (χ0) is 16.4. The standard InChI is InChI=1S/C16H14FN5O/c1-10-3-4-11(12-5-13(17)8-18-7-12)6-14(10)19-16(23)15-9-22(2)21-20-15/h3-9H,1-2H3,(H,19,23). The molecule has 23 heavy (non-hydrogen) atoms. The smallest absolute Gasteiger partial charge is 0.277 e. The Morgan fingerprint density at radius 2 is 2.04 bits per heavy atom. The van der Waals surface area contributed by atoms with Gasteiger partial charge in [0.05, 0.1) is 12.4 Å². The van der Waals surface area contributed by atoms with Crippen LogP contribution >= 0.6 is 0 Å². The fourth-order valence-corrected chi connectivity index (χ4v) is 2.14. The Bertz CT molecular complexity index is 874. The highest BCUT2D eigenvalue weighted by atomic mass is 19.1. The molecule has 3 rings (SSSR count). The van der Waals surface area contributed by atoms with Crippen LogP contribution in [0.3, 0.4) is 0 Å². The molecule has 0 fully saturated rings. The average molecular weight is 311 g/mol. The van der Waals surface area contributed by atoms with Crippen molar-refractivity contribution in [2.75, 3.05) is 5.32 Å². The Hall–Kier alpha value is -3.09. The van der Waals surface area contributed by atoms with Crippen LogP contribution in [0, 0.1) is 12.7 Å². The summed E-state index contributed by atoms with van der Waals surface area (Å²) in [7, 11) is 1.69. The second kappa shape index (κ2) is 5.96. The first-order chi connectivity index (χ1) is 11.0. The van der Waals surface area contributed by atoms with Gasteiger partial charge >= 0.3 is 0 Å². The first-order valence-electron chi connectivity index (χ1n) is 6.92. The Balaban J connectivity index is 1.90. The molecule has 0 spiro atoms. The maximum absolute atomic E-state index is 13.3. The summed E-state index contributed by atoms with van der Waals surface area (Å²) in [5.41, 5.74) is 3.14. The number of nitrogens with one attached hydrogen (secondary N) is 1. The van der Waals surface area contributed by atoms with Crippen molar-refractivity contribution < 1.29 is 9.18 Å². The first-order valence-corrected chi connectivity index (χ1v) is 6.92. The van der Waals surface area contributed by atoms with E-state index >= 15 is 0 Å². The maximum atomic E-state index is 13.3. The lowest BCUT2D eigenvalue weighted by Crippen LogP contribution is -2.13. The van der Waals surface area contributed by atoms with E-state index in [0.717, 1.165) is 17.3 Å². The normalized spacial score (nSPS) is 10.6. The number of rotatable bonds is 3. The van der Waals surface area contributed by atoms with Gasteiger partial charge in [-0.2, -0.15) is 0 Å². The van der Waals surface area contributed by atoms with Gasteiger partial charge in [0.1, 0.15) is 5.82 Å². The molecule has 3 aromatic rings. The molecular weight excluding hydrogens is 297 g/mol. The summed E-state index contributed by atoms with van der Waals surface area (Å²) in [6.45, 7) is 1.87. The van der Waals surface area contributed by atoms with Gasteiger partial charge in [0, 0.05) is 24.5 Å². The average Bonchev–Trinajstić information content (AvgIpc) is 2.96. The van der Waals surface area contributed by atoms with Crippen molar-refractivity contribution in [3.8, 4) is 11.1 Å². The highest BCUT2D eigenvalue weighted by Crippen LogP contribution is 2.25. The number of hydrogen-bond donors (Lipinski definition) is 1. The van der Waals surface area contributed by atoms with E-state index in [9.17, 15) is 9.18 Å². The van der Waals surface area contributed by atoms with Crippen molar-refractivity contribution in [2.45, 2.75) is 6.92 Å². The number of aryl methyl sites for hydroxylation is 2. The monoisotopic (exact) mass is 311 g/mol. The molecule has 0 saturated carbocycles. The minimum Gasteiger partial charge on any atom is -0.320 e. The minimum absolute atomic E-state index is 0.227. The predicted molar refractivity (Wildman–Crippen MR) is 83.3 cm³/mol. The molecule has 0 saturated heterocycles. The van der Waals surface area contributed by atoms with Gasteiger partial charge in [-0.25, -0.2) is 4.39 Å². The van der Waals surface area contributed by atoms with Crippen LogP contribution in [-0.4, -0.2) is 25.9 Å². The molecule has 2 heterocycles. The van der Waals surface area contributed by atoms with Gasteiger partial charge < -0.3 is 5.32 Å². The van der Waals surface area contributed by atoms with Crippen molar-refractivity contribution >= 4 is 11.6 Å².